The molecule has 0 saturated heterocycles. The number of nitrogens with zero attached hydrogens (tertiary/aromatic N) is 3. The summed E-state index contributed by atoms with van der Waals surface area (Å²) in [6.45, 7) is 4.09. The van der Waals surface area contributed by atoms with Crippen LogP contribution in [0.5, 0.6) is 5.75 Å². The third-order valence-electron chi connectivity index (χ3n) is 5.84. The van der Waals surface area contributed by atoms with Crippen molar-refractivity contribution in [1.29, 1.82) is 0 Å². The zero-order valence-electron chi connectivity index (χ0n) is 18.5. The molecule has 0 saturated carbocycles. The second-order valence-electron chi connectivity index (χ2n) is 7.93. The standard InChI is InChI=1S/C25H20ClN3O4S/c1-3-29-18-10-16(6-9-20(18)33-12-21(29)31)19(30)11-28-13-27-24-23(25(28)32)22(14(2)34-24)15-4-7-17(26)8-5-15/h4-10,13H,3,11-12H2,1-2H3. The molecule has 4 aromatic rings. The molecule has 0 bridgehead atoms. The number of amides is 1. The summed E-state index contributed by atoms with van der Waals surface area (Å²) < 4.78 is 6.81. The van der Waals surface area contributed by atoms with E-state index in [-0.39, 0.29) is 30.4 Å². The summed E-state index contributed by atoms with van der Waals surface area (Å²) in [5.74, 6) is 0.132. The van der Waals surface area contributed by atoms with Gasteiger partial charge in [-0.3, -0.25) is 19.0 Å². The predicted molar refractivity (Wildman–Crippen MR) is 133 cm³/mol. The molecule has 0 aliphatic carbocycles. The third kappa shape index (κ3) is 3.78. The first kappa shape index (κ1) is 22.3. The van der Waals surface area contributed by atoms with Gasteiger partial charge in [-0.05, 0) is 49.7 Å². The van der Waals surface area contributed by atoms with Crippen molar-refractivity contribution in [1.82, 2.24) is 9.55 Å². The van der Waals surface area contributed by atoms with Gasteiger partial charge in [-0.2, -0.15) is 0 Å². The highest BCUT2D eigenvalue weighted by Gasteiger charge is 2.25. The van der Waals surface area contributed by atoms with Crippen molar-refractivity contribution in [2.24, 2.45) is 0 Å². The van der Waals surface area contributed by atoms with Crippen molar-refractivity contribution in [3.8, 4) is 16.9 Å². The topological polar surface area (TPSA) is 81.5 Å². The maximum atomic E-state index is 13.4. The average Bonchev–Trinajstić information content (AvgIpc) is 3.17. The van der Waals surface area contributed by atoms with Gasteiger partial charge in [0, 0.05) is 27.6 Å². The number of fused-ring (bicyclic) bond motifs is 2. The molecule has 1 aliphatic rings. The van der Waals surface area contributed by atoms with Gasteiger partial charge in [0.05, 0.1) is 23.9 Å². The minimum atomic E-state index is -0.278. The number of aromatic nitrogens is 2. The maximum Gasteiger partial charge on any atom is 0.265 e. The molecule has 5 rings (SSSR count). The maximum absolute atomic E-state index is 13.4. The Hall–Kier alpha value is -3.49. The van der Waals surface area contributed by atoms with E-state index in [0.29, 0.717) is 38.8 Å². The van der Waals surface area contributed by atoms with Gasteiger partial charge in [0.15, 0.2) is 12.4 Å². The number of Topliss-reactive ketones (excluding diaryl/α,β-unsaturated/α-hetero) is 1. The van der Waals surface area contributed by atoms with E-state index >= 15 is 0 Å². The van der Waals surface area contributed by atoms with Crippen LogP contribution in [0.25, 0.3) is 21.3 Å². The number of aryl methyl sites for hydroxylation is 1. The average molecular weight is 494 g/mol. The largest absolute Gasteiger partial charge is 0.482 e. The molecule has 2 aromatic carbocycles. The Morgan fingerprint density at radius 2 is 1.94 bits per heavy atom. The summed E-state index contributed by atoms with van der Waals surface area (Å²) in [7, 11) is 0. The Kier molecular flexibility index (Phi) is 5.71. The van der Waals surface area contributed by atoms with Crippen LogP contribution in [-0.2, 0) is 11.3 Å². The van der Waals surface area contributed by atoms with Crippen molar-refractivity contribution in [3.63, 3.8) is 0 Å². The molecule has 0 unspecified atom stereocenters. The number of hydrogen-bond acceptors (Lipinski definition) is 6. The van der Waals surface area contributed by atoms with E-state index in [0.717, 1.165) is 16.0 Å². The molecule has 1 amide bonds. The summed E-state index contributed by atoms with van der Waals surface area (Å²) in [6.07, 6.45) is 1.41. The van der Waals surface area contributed by atoms with E-state index in [1.165, 1.54) is 22.2 Å². The van der Waals surface area contributed by atoms with Crippen LogP contribution in [0.2, 0.25) is 5.02 Å². The highest BCUT2D eigenvalue weighted by atomic mass is 35.5. The molecule has 1 aliphatic heterocycles. The molecule has 0 radical (unpaired) electrons. The van der Waals surface area contributed by atoms with Gasteiger partial charge in [-0.1, -0.05) is 23.7 Å². The highest BCUT2D eigenvalue weighted by Crippen LogP contribution is 2.36. The smallest absolute Gasteiger partial charge is 0.265 e. The molecule has 3 heterocycles. The molecule has 2 aromatic heterocycles. The van der Waals surface area contributed by atoms with Crippen LogP contribution in [-0.4, -0.2) is 34.4 Å². The number of likely N-dealkylation sites (N-methyl/N-ethyl adjacent to an activating group) is 1. The SMILES string of the molecule is CCN1C(=O)COc2ccc(C(=O)Cn3cnc4sc(C)c(-c5ccc(Cl)cc5)c4c3=O)cc21. The van der Waals surface area contributed by atoms with Crippen LogP contribution in [0.3, 0.4) is 0 Å². The number of carbonyl (C=O) groups excluding carboxylic acids is 2. The van der Waals surface area contributed by atoms with E-state index in [1.54, 1.807) is 35.2 Å². The number of carbonyl (C=O) groups is 2. The monoisotopic (exact) mass is 493 g/mol. The fourth-order valence-electron chi connectivity index (χ4n) is 4.18. The lowest BCUT2D eigenvalue weighted by Gasteiger charge is -2.28. The number of hydrogen-bond donors (Lipinski definition) is 0. The predicted octanol–water partition coefficient (Wildman–Crippen LogP) is 4.72. The number of rotatable bonds is 5. The van der Waals surface area contributed by atoms with E-state index < -0.39 is 0 Å². The van der Waals surface area contributed by atoms with Crippen molar-refractivity contribution in [2.75, 3.05) is 18.1 Å². The van der Waals surface area contributed by atoms with Crippen LogP contribution in [0.1, 0.15) is 22.2 Å². The summed E-state index contributed by atoms with van der Waals surface area (Å²) in [4.78, 5) is 46.3. The molecule has 172 valence electrons. The molecular formula is C25H20ClN3O4S. The summed E-state index contributed by atoms with van der Waals surface area (Å²) >= 11 is 7.47. The van der Waals surface area contributed by atoms with Gasteiger partial charge >= 0.3 is 0 Å². The van der Waals surface area contributed by atoms with E-state index in [1.807, 2.05) is 26.0 Å². The van der Waals surface area contributed by atoms with E-state index in [2.05, 4.69) is 4.98 Å². The second kappa shape index (κ2) is 8.70. The van der Waals surface area contributed by atoms with Crippen LogP contribution in [0, 0.1) is 6.92 Å². The lowest BCUT2D eigenvalue weighted by Crippen LogP contribution is -2.38. The van der Waals surface area contributed by atoms with Crippen LogP contribution in [0.15, 0.2) is 53.6 Å². The Bertz CT molecular complexity index is 1510. The molecular weight excluding hydrogens is 474 g/mol. The molecule has 0 spiro atoms. The van der Waals surface area contributed by atoms with Gasteiger partial charge in [0.1, 0.15) is 10.6 Å². The number of benzene rings is 2. The summed E-state index contributed by atoms with van der Waals surface area (Å²) in [5.41, 5.74) is 2.35. The Labute approximate surface area is 204 Å². The van der Waals surface area contributed by atoms with Crippen molar-refractivity contribution in [2.45, 2.75) is 20.4 Å². The van der Waals surface area contributed by atoms with Gasteiger partial charge in [0.2, 0.25) is 0 Å². The Morgan fingerprint density at radius 3 is 2.68 bits per heavy atom. The van der Waals surface area contributed by atoms with E-state index in [4.69, 9.17) is 16.3 Å². The number of halogens is 1. The fourth-order valence-corrected chi connectivity index (χ4v) is 5.31. The van der Waals surface area contributed by atoms with Gasteiger partial charge in [0.25, 0.3) is 11.5 Å². The minimum Gasteiger partial charge on any atom is -0.482 e. The first-order chi connectivity index (χ1) is 16.4. The van der Waals surface area contributed by atoms with Crippen molar-refractivity contribution < 1.29 is 14.3 Å². The minimum absolute atomic E-state index is 0.0226. The van der Waals surface area contributed by atoms with Gasteiger partial charge in [-0.15, -0.1) is 11.3 Å². The van der Waals surface area contributed by atoms with Crippen molar-refractivity contribution in [3.05, 3.63) is 74.6 Å². The van der Waals surface area contributed by atoms with Gasteiger partial charge < -0.3 is 9.64 Å². The normalized spacial score (nSPS) is 13.1. The molecule has 34 heavy (non-hydrogen) atoms. The summed E-state index contributed by atoms with van der Waals surface area (Å²) in [5, 5.41) is 1.10. The van der Waals surface area contributed by atoms with Crippen molar-refractivity contribution >= 4 is 50.5 Å². The molecule has 9 heteroatoms. The van der Waals surface area contributed by atoms with Gasteiger partial charge in [-0.25, -0.2) is 4.98 Å². The number of thiophene rings is 1. The lowest BCUT2D eigenvalue weighted by atomic mass is 10.0. The quantitative estimate of drug-likeness (QED) is 0.376. The molecule has 0 fully saturated rings. The second-order valence-corrected chi connectivity index (χ2v) is 9.57. The zero-order valence-corrected chi connectivity index (χ0v) is 20.1. The lowest BCUT2D eigenvalue weighted by molar-refractivity contribution is -0.121. The van der Waals surface area contributed by atoms with E-state index in [9.17, 15) is 14.4 Å². The molecule has 0 atom stereocenters. The first-order valence-electron chi connectivity index (χ1n) is 10.7. The fraction of sp³-hybridized carbons (Fsp3) is 0.200. The van der Waals surface area contributed by atoms with Crippen LogP contribution < -0.4 is 15.2 Å². The highest BCUT2D eigenvalue weighted by molar-refractivity contribution is 7.19. The number of ether oxygens (including phenoxy) is 1. The van der Waals surface area contributed by atoms with Crippen LogP contribution in [0.4, 0.5) is 5.69 Å². The summed E-state index contributed by atoms with van der Waals surface area (Å²) in [6, 6.07) is 12.3. The first-order valence-corrected chi connectivity index (χ1v) is 11.9. The van der Waals surface area contributed by atoms with Crippen LogP contribution >= 0.6 is 22.9 Å². The Balaban J connectivity index is 1.52. The number of anilines is 1. The molecule has 7 nitrogen and oxygen atoms in total. The third-order valence-corrected chi connectivity index (χ3v) is 7.11. The molecule has 0 N–H and O–H groups in total. The zero-order chi connectivity index (χ0) is 24.0. The Morgan fingerprint density at radius 1 is 1.18 bits per heavy atom. The number of ketones is 1.